The minimum absolute atomic E-state index is 0.0244. The molecule has 0 aliphatic carbocycles. The van der Waals surface area contributed by atoms with Crippen molar-refractivity contribution in [2.75, 3.05) is 23.3 Å². The Hall–Kier alpha value is -2.75. The van der Waals surface area contributed by atoms with E-state index in [-0.39, 0.29) is 5.56 Å². The van der Waals surface area contributed by atoms with Crippen LogP contribution in [0.5, 0.6) is 0 Å². The molecule has 0 unspecified atom stereocenters. The number of nitriles is 1. The van der Waals surface area contributed by atoms with Crippen LogP contribution in [-0.2, 0) is 12.7 Å². The zero-order valence-corrected chi connectivity index (χ0v) is 13.5. The van der Waals surface area contributed by atoms with Gasteiger partial charge in [0, 0.05) is 25.8 Å². The molecule has 25 heavy (non-hydrogen) atoms. The number of nitrogens with one attached hydrogen (secondary N) is 1. The maximum absolute atomic E-state index is 12.7. The van der Waals surface area contributed by atoms with E-state index < -0.39 is 11.7 Å². The minimum atomic E-state index is -4.46. The first kappa shape index (κ1) is 17.1. The summed E-state index contributed by atoms with van der Waals surface area (Å²) >= 11 is 0. The topological polar surface area (TPSA) is 52.0 Å². The largest absolute Gasteiger partial charge is 0.416 e. The molecule has 7 heteroatoms. The SMILES string of the molecule is N#Cc1cc(C(F)(F)F)ccc1NCc1ccnc(N2CCCC2)c1. The average molecular weight is 346 g/mol. The molecule has 1 saturated heterocycles. The number of hydrogen-bond acceptors (Lipinski definition) is 4. The van der Waals surface area contributed by atoms with Crippen LogP contribution in [0.1, 0.15) is 29.5 Å². The Morgan fingerprint density at radius 2 is 1.92 bits per heavy atom. The maximum Gasteiger partial charge on any atom is 0.416 e. The van der Waals surface area contributed by atoms with Crippen molar-refractivity contribution >= 4 is 11.5 Å². The number of benzene rings is 1. The number of halogens is 3. The highest BCUT2D eigenvalue weighted by molar-refractivity contribution is 5.59. The van der Waals surface area contributed by atoms with E-state index in [4.69, 9.17) is 5.26 Å². The molecule has 0 bridgehead atoms. The molecule has 0 atom stereocenters. The van der Waals surface area contributed by atoms with E-state index in [2.05, 4.69) is 15.2 Å². The van der Waals surface area contributed by atoms with Crippen molar-refractivity contribution in [1.82, 2.24) is 4.98 Å². The Bertz CT molecular complexity index is 790. The third kappa shape index (κ3) is 4.02. The molecule has 1 aromatic heterocycles. The molecule has 1 N–H and O–H groups in total. The quantitative estimate of drug-likeness (QED) is 0.902. The van der Waals surface area contributed by atoms with Crippen LogP contribution in [0.4, 0.5) is 24.7 Å². The highest BCUT2D eigenvalue weighted by Crippen LogP contribution is 2.31. The van der Waals surface area contributed by atoms with Gasteiger partial charge in [-0.15, -0.1) is 0 Å². The third-order valence-electron chi connectivity index (χ3n) is 4.19. The minimum Gasteiger partial charge on any atom is -0.380 e. The van der Waals surface area contributed by atoms with E-state index in [9.17, 15) is 13.2 Å². The Kier molecular flexibility index (Phi) is 4.79. The number of nitrogens with zero attached hydrogens (tertiary/aromatic N) is 3. The highest BCUT2D eigenvalue weighted by atomic mass is 19.4. The molecule has 0 saturated carbocycles. The van der Waals surface area contributed by atoms with Gasteiger partial charge in [0.05, 0.1) is 16.8 Å². The molecule has 1 aromatic carbocycles. The smallest absolute Gasteiger partial charge is 0.380 e. The van der Waals surface area contributed by atoms with Crippen LogP contribution in [0.15, 0.2) is 36.5 Å². The van der Waals surface area contributed by atoms with E-state index in [1.165, 1.54) is 6.07 Å². The molecular formula is C18H17F3N4. The normalized spacial score (nSPS) is 14.4. The average Bonchev–Trinajstić information content (AvgIpc) is 3.14. The number of hydrogen-bond donors (Lipinski definition) is 1. The molecule has 130 valence electrons. The van der Waals surface area contributed by atoms with E-state index in [0.717, 1.165) is 49.4 Å². The summed E-state index contributed by atoms with van der Waals surface area (Å²) < 4.78 is 38.2. The van der Waals surface area contributed by atoms with Crippen LogP contribution < -0.4 is 10.2 Å². The van der Waals surface area contributed by atoms with E-state index in [0.29, 0.717) is 12.2 Å². The number of anilines is 2. The van der Waals surface area contributed by atoms with Crippen molar-refractivity contribution < 1.29 is 13.2 Å². The zero-order chi connectivity index (χ0) is 17.9. The molecule has 1 fully saturated rings. The molecular weight excluding hydrogens is 329 g/mol. The number of pyridine rings is 1. The highest BCUT2D eigenvalue weighted by Gasteiger charge is 2.31. The first-order valence-electron chi connectivity index (χ1n) is 8.02. The summed E-state index contributed by atoms with van der Waals surface area (Å²) in [5.74, 6) is 0.907. The lowest BCUT2D eigenvalue weighted by molar-refractivity contribution is -0.137. The van der Waals surface area contributed by atoms with Crippen LogP contribution in [0.25, 0.3) is 0 Å². The van der Waals surface area contributed by atoms with Gasteiger partial charge in [-0.1, -0.05) is 0 Å². The van der Waals surface area contributed by atoms with Gasteiger partial charge < -0.3 is 10.2 Å². The summed E-state index contributed by atoms with van der Waals surface area (Å²) in [4.78, 5) is 6.58. The molecule has 0 spiro atoms. The van der Waals surface area contributed by atoms with Gasteiger partial charge in [0.25, 0.3) is 0 Å². The standard InChI is InChI=1S/C18H17F3N4/c19-18(20,21)15-3-4-16(14(10-15)11-22)24-12-13-5-6-23-17(9-13)25-7-1-2-8-25/h3-6,9-10,24H,1-2,7-8,12H2. The van der Waals surface area contributed by atoms with Crippen molar-refractivity contribution in [3.05, 3.63) is 53.2 Å². The van der Waals surface area contributed by atoms with Gasteiger partial charge >= 0.3 is 6.18 Å². The van der Waals surface area contributed by atoms with Crippen LogP contribution in [0, 0.1) is 11.3 Å². The van der Waals surface area contributed by atoms with Crippen LogP contribution in [0.3, 0.4) is 0 Å². The summed E-state index contributed by atoms with van der Waals surface area (Å²) in [7, 11) is 0. The van der Waals surface area contributed by atoms with Gasteiger partial charge in [0.1, 0.15) is 11.9 Å². The van der Waals surface area contributed by atoms with Crippen molar-refractivity contribution in [3.8, 4) is 6.07 Å². The Morgan fingerprint density at radius 3 is 2.60 bits per heavy atom. The van der Waals surface area contributed by atoms with Crippen molar-refractivity contribution in [3.63, 3.8) is 0 Å². The van der Waals surface area contributed by atoms with Crippen LogP contribution in [0.2, 0.25) is 0 Å². The molecule has 2 heterocycles. The molecule has 3 rings (SSSR count). The Balaban J connectivity index is 1.73. The summed E-state index contributed by atoms with van der Waals surface area (Å²) in [5, 5.41) is 12.2. The van der Waals surface area contributed by atoms with Gasteiger partial charge in [-0.25, -0.2) is 4.98 Å². The second kappa shape index (κ2) is 7.01. The van der Waals surface area contributed by atoms with E-state index >= 15 is 0 Å². The van der Waals surface area contributed by atoms with Crippen LogP contribution >= 0.6 is 0 Å². The monoisotopic (exact) mass is 346 g/mol. The second-order valence-corrected chi connectivity index (χ2v) is 5.94. The maximum atomic E-state index is 12.7. The fourth-order valence-electron chi connectivity index (χ4n) is 2.85. The summed E-state index contributed by atoms with van der Waals surface area (Å²) in [6.45, 7) is 2.38. The zero-order valence-electron chi connectivity index (χ0n) is 13.5. The lowest BCUT2D eigenvalue weighted by Gasteiger charge is -2.17. The summed E-state index contributed by atoms with van der Waals surface area (Å²) in [6, 6.07) is 8.77. The van der Waals surface area contributed by atoms with Crippen LogP contribution in [-0.4, -0.2) is 18.1 Å². The molecule has 2 aromatic rings. The first-order valence-corrected chi connectivity index (χ1v) is 8.02. The van der Waals surface area contributed by atoms with Gasteiger partial charge in [-0.3, -0.25) is 0 Å². The third-order valence-corrected chi connectivity index (χ3v) is 4.19. The molecule has 0 amide bonds. The Morgan fingerprint density at radius 1 is 1.16 bits per heavy atom. The van der Waals surface area contributed by atoms with Gasteiger partial charge in [-0.05, 0) is 48.7 Å². The first-order chi connectivity index (χ1) is 12.0. The lowest BCUT2D eigenvalue weighted by atomic mass is 10.1. The predicted octanol–water partition coefficient (Wildman–Crippen LogP) is 4.18. The molecule has 1 aliphatic rings. The van der Waals surface area contributed by atoms with Crippen molar-refractivity contribution in [2.45, 2.75) is 25.6 Å². The summed E-state index contributed by atoms with van der Waals surface area (Å²) in [6.07, 6.45) is -0.426. The lowest BCUT2D eigenvalue weighted by Crippen LogP contribution is -2.19. The Labute approximate surface area is 143 Å². The number of alkyl halides is 3. The molecule has 1 aliphatic heterocycles. The van der Waals surface area contributed by atoms with Gasteiger partial charge in [0.2, 0.25) is 0 Å². The number of rotatable bonds is 4. The molecule has 0 radical (unpaired) electrons. The fourth-order valence-corrected chi connectivity index (χ4v) is 2.85. The summed E-state index contributed by atoms with van der Waals surface area (Å²) in [5.41, 5.74) is 0.495. The van der Waals surface area contributed by atoms with E-state index in [1.807, 2.05) is 18.2 Å². The number of aromatic nitrogens is 1. The van der Waals surface area contributed by atoms with Gasteiger partial charge in [-0.2, -0.15) is 18.4 Å². The molecule has 4 nitrogen and oxygen atoms in total. The predicted molar refractivity (Wildman–Crippen MR) is 89.2 cm³/mol. The van der Waals surface area contributed by atoms with E-state index in [1.54, 1.807) is 6.20 Å². The van der Waals surface area contributed by atoms with Gasteiger partial charge in [0.15, 0.2) is 0 Å². The van der Waals surface area contributed by atoms with Crippen molar-refractivity contribution in [2.24, 2.45) is 0 Å². The fraction of sp³-hybridized carbons (Fsp3) is 0.333. The second-order valence-electron chi connectivity index (χ2n) is 5.94. The van der Waals surface area contributed by atoms with Crippen molar-refractivity contribution in [1.29, 1.82) is 5.26 Å².